The van der Waals surface area contributed by atoms with E-state index < -0.39 is 0 Å². The fourth-order valence-electron chi connectivity index (χ4n) is 5.17. The lowest BCUT2D eigenvalue weighted by molar-refractivity contribution is -0.125. The van der Waals surface area contributed by atoms with Crippen LogP contribution in [0.4, 0.5) is 0 Å². The number of aliphatic hydroxyl groups excluding tert-OH is 1. The molecule has 3 fully saturated rings. The van der Waals surface area contributed by atoms with Crippen LogP contribution in [0.3, 0.4) is 0 Å². The van der Waals surface area contributed by atoms with Crippen LogP contribution in [0.25, 0.3) is 0 Å². The minimum Gasteiger partial charge on any atom is -0.405 e. The molecule has 3 rings (SSSR count). The second-order valence-electron chi connectivity index (χ2n) is 12.4. The average molecular weight is 610 g/mol. The van der Waals surface area contributed by atoms with Crippen molar-refractivity contribution in [2.24, 2.45) is 41.1 Å². The molecular weight excluding hydrogens is 538 g/mol. The maximum absolute atomic E-state index is 12.0. The Kier molecular flexibility index (Phi) is 31.5. The Morgan fingerprint density at radius 3 is 1.84 bits per heavy atom. The van der Waals surface area contributed by atoms with Gasteiger partial charge < -0.3 is 21.9 Å². The van der Waals surface area contributed by atoms with Crippen molar-refractivity contribution in [3.05, 3.63) is 24.9 Å². The van der Waals surface area contributed by atoms with Crippen LogP contribution < -0.4 is 16.8 Å². The molecule has 43 heavy (non-hydrogen) atoms. The summed E-state index contributed by atoms with van der Waals surface area (Å²) in [7, 11) is 0. The molecule has 0 radical (unpaired) electrons. The zero-order chi connectivity index (χ0) is 33.8. The molecule has 0 aromatic carbocycles. The number of unbranched alkanes of at least 4 members (excludes halogenated alkanes) is 1. The van der Waals surface area contributed by atoms with Crippen molar-refractivity contribution < 1.29 is 19.5 Å². The molecular formula is C36H71N3O4. The van der Waals surface area contributed by atoms with Gasteiger partial charge in [-0.25, -0.2) is 0 Å². The Morgan fingerprint density at radius 2 is 1.51 bits per heavy atom. The fraction of sp³-hybridized carbons (Fsp3) is 0.806. The van der Waals surface area contributed by atoms with E-state index in [-0.39, 0.29) is 30.4 Å². The Labute approximate surface area is 266 Å². The maximum Gasteiger partial charge on any atom is 0.223 e. The lowest BCUT2D eigenvalue weighted by Crippen LogP contribution is -2.39. The van der Waals surface area contributed by atoms with E-state index in [0.29, 0.717) is 17.6 Å². The molecule has 3 aliphatic rings. The van der Waals surface area contributed by atoms with Crippen molar-refractivity contribution in [3.63, 3.8) is 0 Å². The van der Waals surface area contributed by atoms with Crippen LogP contribution in [-0.2, 0) is 14.4 Å². The highest BCUT2D eigenvalue weighted by Gasteiger charge is 2.27. The Hall–Kier alpha value is -2.15. The summed E-state index contributed by atoms with van der Waals surface area (Å²) in [5.41, 5.74) is 9.87. The van der Waals surface area contributed by atoms with E-state index in [0.717, 1.165) is 55.9 Å². The molecule has 0 aliphatic heterocycles. The molecule has 5 unspecified atom stereocenters. The summed E-state index contributed by atoms with van der Waals surface area (Å²) in [6.07, 6.45) is 18.4. The van der Waals surface area contributed by atoms with Gasteiger partial charge in [0, 0.05) is 17.9 Å². The third kappa shape index (κ3) is 27.2. The number of ketones is 1. The number of hydrogen-bond donors (Lipinski definition) is 4. The highest BCUT2D eigenvalue weighted by Crippen LogP contribution is 2.34. The van der Waals surface area contributed by atoms with Gasteiger partial charge in [-0.3, -0.25) is 14.4 Å². The largest absolute Gasteiger partial charge is 0.405 e. The number of Topliss-reactive ketones (excluding diaryl/α,β-unsaturated/α-hetero) is 1. The number of hydrogen-bond acceptors (Lipinski definition) is 5. The van der Waals surface area contributed by atoms with Gasteiger partial charge in [0.1, 0.15) is 5.78 Å². The summed E-state index contributed by atoms with van der Waals surface area (Å²) in [4.78, 5) is 31.6. The monoisotopic (exact) mass is 610 g/mol. The first-order valence-corrected chi connectivity index (χ1v) is 17.0. The van der Waals surface area contributed by atoms with Crippen LogP contribution in [0.2, 0.25) is 0 Å². The summed E-state index contributed by atoms with van der Waals surface area (Å²) in [5, 5.41) is 12.1. The maximum atomic E-state index is 12.0. The molecule has 7 nitrogen and oxygen atoms in total. The van der Waals surface area contributed by atoms with Crippen LogP contribution in [0.1, 0.15) is 145 Å². The average Bonchev–Trinajstić information content (AvgIpc) is 3.73. The number of rotatable bonds is 10. The summed E-state index contributed by atoms with van der Waals surface area (Å²) in [6.45, 7) is 23.3. The third-order valence-electron chi connectivity index (χ3n) is 8.28. The summed E-state index contributed by atoms with van der Waals surface area (Å²) in [6, 6.07) is 0.194. The summed E-state index contributed by atoms with van der Waals surface area (Å²) < 4.78 is 0. The van der Waals surface area contributed by atoms with Crippen LogP contribution in [0, 0.1) is 29.6 Å². The number of aliphatic hydroxyl groups is 1. The van der Waals surface area contributed by atoms with Crippen molar-refractivity contribution in [2.75, 3.05) is 0 Å². The number of nitrogens with two attached hydrogens (primary N) is 2. The molecule has 0 bridgehead atoms. The first-order valence-electron chi connectivity index (χ1n) is 17.0. The van der Waals surface area contributed by atoms with Gasteiger partial charge in [0.25, 0.3) is 0 Å². The van der Waals surface area contributed by atoms with Gasteiger partial charge in [0.05, 0.1) is 6.10 Å². The third-order valence-corrected chi connectivity index (χ3v) is 8.28. The van der Waals surface area contributed by atoms with Crippen molar-refractivity contribution in [1.82, 2.24) is 5.32 Å². The van der Waals surface area contributed by atoms with Crippen molar-refractivity contribution in [1.29, 1.82) is 0 Å². The van der Waals surface area contributed by atoms with Crippen molar-refractivity contribution in [2.45, 2.75) is 157 Å². The number of amides is 2. The zero-order valence-corrected chi connectivity index (χ0v) is 29.3. The molecule has 2 amide bonds. The summed E-state index contributed by atoms with van der Waals surface area (Å²) >= 11 is 0. The molecule has 0 spiro atoms. The first-order chi connectivity index (χ1) is 20.4. The van der Waals surface area contributed by atoms with E-state index in [1.54, 1.807) is 6.92 Å². The number of nitrogens with one attached hydrogen (secondary N) is 1. The van der Waals surface area contributed by atoms with Gasteiger partial charge in [-0.05, 0) is 82.7 Å². The lowest BCUT2D eigenvalue weighted by atomic mass is 9.79. The molecule has 0 heterocycles. The predicted molar refractivity (Wildman–Crippen MR) is 184 cm³/mol. The van der Waals surface area contributed by atoms with E-state index in [9.17, 15) is 9.59 Å². The highest BCUT2D eigenvalue weighted by molar-refractivity contribution is 5.79. The van der Waals surface area contributed by atoms with E-state index in [4.69, 9.17) is 9.90 Å². The topological polar surface area (TPSA) is 136 Å². The molecule has 0 aromatic rings. The molecule has 3 saturated carbocycles. The van der Waals surface area contributed by atoms with E-state index in [2.05, 4.69) is 50.7 Å². The Bertz CT molecular complexity index is 703. The van der Waals surface area contributed by atoms with Gasteiger partial charge >= 0.3 is 0 Å². The quantitative estimate of drug-likeness (QED) is 0.148. The van der Waals surface area contributed by atoms with Crippen molar-refractivity contribution >= 4 is 18.1 Å². The van der Waals surface area contributed by atoms with E-state index >= 15 is 0 Å². The number of carbonyl (C=O) groups excluding carboxylic acids is 3. The molecule has 254 valence electrons. The van der Waals surface area contributed by atoms with Crippen LogP contribution in [-0.4, -0.2) is 35.4 Å². The predicted octanol–water partition coefficient (Wildman–Crippen LogP) is 7.85. The standard InChI is InChI=1S/C15H27NO.C10H18O.C6H12O.C2H5N.C2H6.CH3NO/c1-5-6-7-12(4)15(17)16-14(11(2)3)10-13-8-9-13;1-8(9(2)11)10-6-4-3-5-7-10;1-5-2-3-6(7)4-5;1-2-3;1-2;2-1-3/h12-14H,2,5-10H2,1,3-4H3,(H,16,17);8,10H,3-7H2,1-2H3;5-7H,2-4H2,1H3;2H,1,3H2;1-2H3;1H,(H2,2,3). The summed E-state index contributed by atoms with van der Waals surface area (Å²) in [5.74, 6) is 3.31. The molecule has 3 aliphatic carbocycles. The highest BCUT2D eigenvalue weighted by atomic mass is 16.3. The normalized spacial score (nSPS) is 20.8. The first kappa shape index (κ1) is 45.3. The molecule has 6 N–H and O–H groups in total. The van der Waals surface area contributed by atoms with Gasteiger partial charge in [-0.1, -0.05) is 105 Å². The van der Waals surface area contributed by atoms with Gasteiger partial charge in [-0.15, -0.1) is 0 Å². The second kappa shape index (κ2) is 29.9. The molecule has 0 aromatic heterocycles. The minimum atomic E-state index is 0.0231. The minimum absolute atomic E-state index is 0.0231. The van der Waals surface area contributed by atoms with Crippen molar-refractivity contribution in [3.8, 4) is 0 Å². The number of carbonyl (C=O) groups is 3. The van der Waals surface area contributed by atoms with Crippen LogP contribution in [0.15, 0.2) is 24.9 Å². The van der Waals surface area contributed by atoms with Gasteiger partial charge in [0.15, 0.2) is 0 Å². The second-order valence-corrected chi connectivity index (χ2v) is 12.4. The van der Waals surface area contributed by atoms with Crippen LogP contribution in [0.5, 0.6) is 0 Å². The van der Waals surface area contributed by atoms with Gasteiger partial charge in [-0.2, -0.15) is 0 Å². The molecule has 7 heteroatoms. The van der Waals surface area contributed by atoms with E-state index in [1.807, 2.05) is 27.7 Å². The molecule has 5 atom stereocenters. The zero-order valence-electron chi connectivity index (χ0n) is 29.3. The van der Waals surface area contributed by atoms with Crippen LogP contribution >= 0.6 is 0 Å². The molecule has 0 saturated heterocycles. The lowest BCUT2D eigenvalue weighted by Gasteiger charge is -2.25. The Morgan fingerprint density at radius 1 is 1.00 bits per heavy atom. The number of primary amides is 1. The smallest absolute Gasteiger partial charge is 0.223 e. The Balaban J connectivity index is -0.000000527. The van der Waals surface area contributed by atoms with E-state index in [1.165, 1.54) is 57.6 Å². The SMILES string of the molecule is C=C(C)C(CC1CC1)NC(=O)C(C)CCCC.C=CN.CC.CC(=O)C(C)C1CCCCC1.CC1CCC(O)C1.NC=O. The van der Waals surface area contributed by atoms with Gasteiger partial charge in [0.2, 0.25) is 12.3 Å². The fourth-order valence-corrected chi connectivity index (χ4v) is 5.17.